The molecule has 1 aromatic heterocycles. The van der Waals surface area contributed by atoms with Crippen LogP contribution < -0.4 is 4.90 Å². The Morgan fingerprint density at radius 3 is 1.43 bits per heavy atom. The Hall–Kier alpha value is -7.42. The van der Waals surface area contributed by atoms with Crippen LogP contribution in [0.5, 0.6) is 0 Å². The Balaban J connectivity index is 1.18. The van der Waals surface area contributed by atoms with Crippen LogP contribution >= 0.6 is 0 Å². The molecule has 1 heterocycles. The maximum atomic E-state index is 6.29. The van der Waals surface area contributed by atoms with Crippen molar-refractivity contribution in [3.05, 3.63) is 224 Å². The summed E-state index contributed by atoms with van der Waals surface area (Å²) in [6.45, 7) is 0. The van der Waals surface area contributed by atoms with E-state index in [-0.39, 0.29) is 0 Å². The minimum absolute atomic E-state index is 0.875. The lowest BCUT2D eigenvalue weighted by Crippen LogP contribution is -2.11. The molecule has 0 amide bonds. The monoisotopic (exact) mass is 715 g/mol. The molecule has 10 aromatic rings. The quantitative estimate of drug-likeness (QED) is 0.156. The van der Waals surface area contributed by atoms with Gasteiger partial charge in [-0.15, -0.1) is 0 Å². The van der Waals surface area contributed by atoms with Crippen LogP contribution in [0.1, 0.15) is 0 Å². The van der Waals surface area contributed by atoms with Gasteiger partial charge in [-0.3, -0.25) is 0 Å². The van der Waals surface area contributed by atoms with E-state index in [0.29, 0.717) is 0 Å². The van der Waals surface area contributed by atoms with Gasteiger partial charge in [-0.2, -0.15) is 0 Å². The summed E-state index contributed by atoms with van der Waals surface area (Å²) in [7, 11) is 0. The van der Waals surface area contributed by atoms with Crippen LogP contribution in [0.15, 0.2) is 229 Å². The molecule has 0 unspecified atom stereocenters. The van der Waals surface area contributed by atoms with Gasteiger partial charge >= 0.3 is 0 Å². The van der Waals surface area contributed by atoms with Gasteiger partial charge in [-0.1, -0.05) is 170 Å². The standard InChI is InChI=1S/C54H37NO/c1-5-15-38(16-6-1)40-25-29-45(30-26-40)55(46-31-34-54-51(37-46)48-23-13-14-24-53(48)56-54)52-33-28-44(36-50(52)42-21-11-4-12-22-42)47-32-27-43(39-17-7-2-8-18-39)35-49(47)41-19-9-3-10-20-41/h1-37H. The van der Waals surface area contributed by atoms with Crippen LogP contribution in [0.4, 0.5) is 17.1 Å². The lowest BCUT2D eigenvalue weighted by molar-refractivity contribution is 0.669. The molecule has 0 radical (unpaired) electrons. The molecule has 0 saturated heterocycles. The van der Waals surface area contributed by atoms with Gasteiger partial charge in [0, 0.05) is 27.7 Å². The highest BCUT2D eigenvalue weighted by Gasteiger charge is 2.21. The van der Waals surface area contributed by atoms with E-state index in [9.17, 15) is 0 Å². The molecule has 9 aromatic carbocycles. The number of hydrogen-bond acceptors (Lipinski definition) is 2. The van der Waals surface area contributed by atoms with Crippen molar-refractivity contribution < 1.29 is 4.42 Å². The fourth-order valence-corrected chi connectivity index (χ4v) is 7.92. The largest absolute Gasteiger partial charge is 0.456 e. The lowest BCUT2D eigenvalue weighted by atomic mass is 9.89. The summed E-state index contributed by atoms with van der Waals surface area (Å²) in [6.07, 6.45) is 0. The molecule has 2 nitrogen and oxygen atoms in total. The molecule has 0 aliphatic rings. The first-order valence-electron chi connectivity index (χ1n) is 19.1. The van der Waals surface area contributed by atoms with Crippen LogP contribution in [-0.4, -0.2) is 0 Å². The summed E-state index contributed by atoms with van der Waals surface area (Å²) in [5.74, 6) is 0. The predicted octanol–water partition coefficient (Wildman–Crippen LogP) is 15.4. The molecule has 10 rings (SSSR count). The zero-order valence-corrected chi connectivity index (χ0v) is 30.7. The van der Waals surface area contributed by atoms with Crippen LogP contribution in [0.3, 0.4) is 0 Å². The third kappa shape index (κ3) is 6.24. The van der Waals surface area contributed by atoms with Crippen molar-refractivity contribution in [2.45, 2.75) is 0 Å². The van der Waals surface area contributed by atoms with Crippen molar-refractivity contribution in [3.8, 4) is 55.6 Å². The first-order valence-corrected chi connectivity index (χ1v) is 19.1. The molecule has 56 heavy (non-hydrogen) atoms. The van der Waals surface area contributed by atoms with E-state index in [4.69, 9.17) is 4.42 Å². The van der Waals surface area contributed by atoms with Crippen molar-refractivity contribution in [1.29, 1.82) is 0 Å². The molecule has 0 spiro atoms. The molecular weight excluding hydrogens is 679 g/mol. The number of benzene rings is 9. The molecule has 0 saturated carbocycles. The van der Waals surface area contributed by atoms with Gasteiger partial charge in [-0.25, -0.2) is 0 Å². The van der Waals surface area contributed by atoms with Crippen LogP contribution in [0, 0.1) is 0 Å². The number of fused-ring (bicyclic) bond motifs is 3. The van der Waals surface area contributed by atoms with Gasteiger partial charge < -0.3 is 9.32 Å². The average molecular weight is 716 g/mol. The minimum atomic E-state index is 0.875. The van der Waals surface area contributed by atoms with Gasteiger partial charge in [0.05, 0.1) is 5.69 Å². The number of furan rings is 1. The Labute approximate surface area is 327 Å². The molecule has 0 bridgehead atoms. The lowest BCUT2D eigenvalue weighted by Gasteiger charge is -2.29. The highest BCUT2D eigenvalue weighted by Crippen LogP contribution is 2.46. The van der Waals surface area contributed by atoms with Crippen molar-refractivity contribution in [3.63, 3.8) is 0 Å². The maximum Gasteiger partial charge on any atom is 0.135 e. The second-order valence-corrected chi connectivity index (χ2v) is 14.1. The van der Waals surface area contributed by atoms with E-state index in [1.807, 2.05) is 12.1 Å². The van der Waals surface area contributed by atoms with E-state index in [0.717, 1.165) is 55.7 Å². The van der Waals surface area contributed by atoms with Gasteiger partial charge in [0.25, 0.3) is 0 Å². The van der Waals surface area contributed by atoms with Gasteiger partial charge in [0.1, 0.15) is 11.2 Å². The number of nitrogens with zero attached hydrogens (tertiary/aromatic N) is 1. The fourth-order valence-electron chi connectivity index (χ4n) is 7.92. The summed E-state index contributed by atoms with van der Waals surface area (Å²) in [6, 6.07) is 80.2. The van der Waals surface area contributed by atoms with Crippen molar-refractivity contribution in [2.75, 3.05) is 4.90 Å². The first kappa shape index (κ1) is 33.2. The van der Waals surface area contributed by atoms with Crippen LogP contribution in [0.25, 0.3) is 77.6 Å². The van der Waals surface area contributed by atoms with Gasteiger partial charge in [0.2, 0.25) is 0 Å². The highest BCUT2D eigenvalue weighted by atomic mass is 16.3. The molecule has 264 valence electrons. The zero-order chi connectivity index (χ0) is 37.3. The van der Waals surface area contributed by atoms with E-state index in [1.54, 1.807) is 0 Å². The number of anilines is 3. The molecule has 0 aliphatic carbocycles. The topological polar surface area (TPSA) is 16.4 Å². The Kier molecular flexibility index (Phi) is 8.55. The predicted molar refractivity (Wildman–Crippen MR) is 236 cm³/mol. The van der Waals surface area contributed by atoms with E-state index in [2.05, 4.69) is 217 Å². The van der Waals surface area contributed by atoms with Crippen molar-refractivity contribution >= 4 is 39.0 Å². The fraction of sp³-hybridized carbons (Fsp3) is 0. The summed E-state index contributed by atoms with van der Waals surface area (Å²) in [5.41, 5.74) is 16.7. The Morgan fingerprint density at radius 1 is 0.268 bits per heavy atom. The SMILES string of the molecule is c1ccc(-c2ccc(N(c3ccc4oc5ccccc5c4c3)c3ccc(-c4ccc(-c5ccccc5)cc4-c4ccccc4)cc3-c3ccccc3)cc2)cc1. The van der Waals surface area contributed by atoms with E-state index >= 15 is 0 Å². The second kappa shape index (κ2) is 14.4. The summed E-state index contributed by atoms with van der Waals surface area (Å²) >= 11 is 0. The molecule has 0 fully saturated rings. The first-order chi connectivity index (χ1) is 27.8. The molecule has 0 aliphatic heterocycles. The third-order valence-corrected chi connectivity index (χ3v) is 10.7. The van der Waals surface area contributed by atoms with Crippen LogP contribution in [0.2, 0.25) is 0 Å². The molecule has 2 heteroatoms. The zero-order valence-electron chi connectivity index (χ0n) is 30.7. The summed E-state index contributed by atoms with van der Waals surface area (Å²) in [5, 5.41) is 2.20. The van der Waals surface area contributed by atoms with Crippen molar-refractivity contribution in [2.24, 2.45) is 0 Å². The van der Waals surface area contributed by atoms with Gasteiger partial charge in [0.15, 0.2) is 0 Å². The Morgan fingerprint density at radius 2 is 0.750 bits per heavy atom. The third-order valence-electron chi connectivity index (χ3n) is 10.7. The van der Waals surface area contributed by atoms with Crippen LogP contribution in [-0.2, 0) is 0 Å². The number of rotatable bonds is 8. The summed E-state index contributed by atoms with van der Waals surface area (Å²) < 4.78 is 6.29. The minimum Gasteiger partial charge on any atom is -0.456 e. The molecule has 0 atom stereocenters. The van der Waals surface area contributed by atoms with E-state index in [1.165, 1.54) is 38.9 Å². The number of hydrogen-bond donors (Lipinski definition) is 0. The van der Waals surface area contributed by atoms with Gasteiger partial charge in [-0.05, 0) is 105 Å². The smallest absolute Gasteiger partial charge is 0.135 e. The molecule has 0 N–H and O–H groups in total. The Bertz CT molecular complexity index is 2930. The summed E-state index contributed by atoms with van der Waals surface area (Å²) in [4.78, 5) is 2.39. The van der Waals surface area contributed by atoms with E-state index < -0.39 is 0 Å². The maximum absolute atomic E-state index is 6.29. The molecular formula is C54H37NO. The average Bonchev–Trinajstić information content (AvgIpc) is 3.66. The van der Waals surface area contributed by atoms with Crippen molar-refractivity contribution in [1.82, 2.24) is 0 Å². The number of para-hydroxylation sites is 1. The normalized spacial score (nSPS) is 11.2. The second-order valence-electron chi connectivity index (χ2n) is 14.1. The highest BCUT2D eigenvalue weighted by molar-refractivity contribution is 6.07.